The second-order valence-corrected chi connectivity index (χ2v) is 5.58. The molecular weight excluding hydrogens is 284 g/mol. The van der Waals surface area contributed by atoms with Gasteiger partial charge in [-0.05, 0) is 48.6 Å². The molecule has 0 saturated carbocycles. The first-order valence-corrected chi connectivity index (χ1v) is 7.21. The number of aromatic nitrogens is 1. The zero-order chi connectivity index (χ0) is 15.5. The molecule has 0 spiro atoms. The second-order valence-electron chi connectivity index (χ2n) is 5.58. The van der Waals surface area contributed by atoms with E-state index < -0.39 is 11.6 Å². The quantitative estimate of drug-likeness (QED) is 0.873. The summed E-state index contributed by atoms with van der Waals surface area (Å²) >= 11 is 0. The molecule has 1 atom stereocenters. The minimum absolute atomic E-state index is 0.328. The van der Waals surface area contributed by atoms with Crippen LogP contribution in [-0.4, -0.2) is 18.1 Å². The van der Waals surface area contributed by atoms with Crippen LogP contribution in [0.15, 0.2) is 36.4 Å². The van der Waals surface area contributed by atoms with E-state index in [4.69, 9.17) is 5.26 Å². The molecule has 1 aliphatic rings. The smallest absolute Gasteiger partial charge is 0.142 e. The van der Waals surface area contributed by atoms with Crippen molar-refractivity contribution < 1.29 is 8.78 Å². The molecular formula is C17H15F2N3. The van der Waals surface area contributed by atoms with E-state index in [0.29, 0.717) is 23.6 Å². The van der Waals surface area contributed by atoms with E-state index in [1.54, 1.807) is 6.07 Å². The van der Waals surface area contributed by atoms with E-state index in [2.05, 4.69) is 9.88 Å². The van der Waals surface area contributed by atoms with Gasteiger partial charge < -0.3 is 4.90 Å². The number of hydrogen-bond acceptors (Lipinski definition) is 3. The van der Waals surface area contributed by atoms with Crippen LogP contribution in [0.2, 0.25) is 0 Å². The van der Waals surface area contributed by atoms with Gasteiger partial charge in [-0.25, -0.2) is 13.8 Å². The fraction of sp³-hybridized carbons (Fsp3) is 0.294. The zero-order valence-corrected chi connectivity index (χ0v) is 12.0. The van der Waals surface area contributed by atoms with Gasteiger partial charge in [-0.3, -0.25) is 0 Å². The molecule has 1 fully saturated rings. The number of hydrogen-bond donors (Lipinski definition) is 0. The Morgan fingerprint density at radius 2 is 2.00 bits per heavy atom. The molecule has 22 heavy (non-hydrogen) atoms. The van der Waals surface area contributed by atoms with Gasteiger partial charge in [0.05, 0.1) is 0 Å². The van der Waals surface area contributed by atoms with Gasteiger partial charge in [0.1, 0.15) is 29.2 Å². The molecule has 2 aromatic rings. The van der Waals surface area contributed by atoms with Gasteiger partial charge in [0, 0.05) is 19.2 Å². The van der Waals surface area contributed by atoms with Crippen LogP contribution in [0.25, 0.3) is 0 Å². The van der Waals surface area contributed by atoms with Crippen LogP contribution in [0.1, 0.15) is 17.7 Å². The molecule has 1 aliphatic heterocycles. The van der Waals surface area contributed by atoms with Crippen LogP contribution in [0.4, 0.5) is 14.6 Å². The molecule has 5 heteroatoms. The van der Waals surface area contributed by atoms with Crippen LogP contribution in [0.5, 0.6) is 0 Å². The summed E-state index contributed by atoms with van der Waals surface area (Å²) in [5.74, 6) is 0.0437. The molecule has 1 saturated heterocycles. The third-order valence-corrected chi connectivity index (χ3v) is 3.91. The fourth-order valence-electron chi connectivity index (χ4n) is 2.93. The molecule has 3 nitrogen and oxygen atoms in total. The molecule has 0 radical (unpaired) electrons. The summed E-state index contributed by atoms with van der Waals surface area (Å²) in [6.45, 7) is 1.62. The monoisotopic (exact) mass is 299 g/mol. The summed E-state index contributed by atoms with van der Waals surface area (Å²) in [5.41, 5.74) is 1.08. The van der Waals surface area contributed by atoms with Crippen LogP contribution in [0, 0.1) is 28.9 Å². The van der Waals surface area contributed by atoms with Gasteiger partial charge in [-0.2, -0.15) is 5.26 Å². The summed E-state index contributed by atoms with van der Waals surface area (Å²) in [6.07, 6.45) is 1.58. The Bertz CT molecular complexity index is 704. The molecule has 0 N–H and O–H groups in total. The Hall–Kier alpha value is -2.48. The van der Waals surface area contributed by atoms with Crippen LogP contribution >= 0.6 is 0 Å². The Morgan fingerprint density at radius 3 is 2.73 bits per heavy atom. The average Bonchev–Trinajstić information content (AvgIpc) is 2.95. The van der Waals surface area contributed by atoms with Gasteiger partial charge in [-0.15, -0.1) is 0 Å². The molecule has 1 aromatic carbocycles. The normalized spacial score (nSPS) is 17.5. The highest BCUT2D eigenvalue weighted by Gasteiger charge is 2.24. The Kier molecular flexibility index (Phi) is 4.01. The fourth-order valence-corrected chi connectivity index (χ4v) is 2.93. The summed E-state index contributed by atoms with van der Waals surface area (Å²) in [6, 6.07) is 11.1. The molecule has 2 heterocycles. The van der Waals surface area contributed by atoms with E-state index in [0.717, 1.165) is 31.4 Å². The minimum atomic E-state index is -0.534. The zero-order valence-electron chi connectivity index (χ0n) is 12.0. The maximum atomic E-state index is 13.2. The van der Waals surface area contributed by atoms with E-state index in [1.165, 1.54) is 12.1 Å². The lowest BCUT2D eigenvalue weighted by Crippen LogP contribution is -2.21. The van der Waals surface area contributed by atoms with Gasteiger partial charge in [0.15, 0.2) is 0 Å². The van der Waals surface area contributed by atoms with Crippen LogP contribution in [-0.2, 0) is 6.42 Å². The highest BCUT2D eigenvalue weighted by atomic mass is 19.1. The molecule has 0 amide bonds. The third-order valence-electron chi connectivity index (χ3n) is 3.91. The highest BCUT2D eigenvalue weighted by molar-refractivity contribution is 5.42. The number of nitrogens with zero attached hydrogens (tertiary/aromatic N) is 3. The standard InChI is InChI=1S/C17H15F2N3/c18-14-7-13(8-15(19)9-14)6-12-4-5-22(11-12)17-3-1-2-16(10-20)21-17/h1-3,7-9,12H,4-6,11H2. The number of anilines is 1. The van der Waals surface area contributed by atoms with Crippen molar-refractivity contribution in [3.63, 3.8) is 0 Å². The lowest BCUT2D eigenvalue weighted by molar-refractivity contribution is 0.558. The van der Waals surface area contributed by atoms with Crippen molar-refractivity contribution in [1.82, 2.24) is 4.98 Å². The Morgan fingerprint density at radius 1 is 1.23 bits per heavy atom. The number of halogens is 2. The van der Waals surface area contributed by atoms with Crippen molar-refractivity contribution in [1.29, 1.82) is 5.26 Å². The van der Waals surface area contributed by atoms with Crippen LogP contribution in [0.3, 0.4) is 0 Å². The molecule has 112 valence electrons. The number of benzene rings is 1. The summed E-state index contributed by atoms with van der Waals surface area (Å²) < 4.78 is 26.5. The topological polar surface area (TPSA) is 39.9 Å². The second kappa shape index (κ2) is 6.10. The predicted molar refractivity (Wildman–Crippen MR) is 79.3 cm³/mol. The maximum Gasteiger partial charge on any atom is 0.142 e. The minimum Gasteiger partial charge on any atom is -0.356 e. The van der Waals surface area contributed by atoms with Crippen molar-refractivity contribution in [2.24, 2.45) is 5.92 Å². The number of pyridine rings is 1. The summed E-state index contributed by atoms with van der Waals surface area (Å²) in [7, 11) is 0. The van der Waals surface area contributed by atoms with E-state index in [-0.39, 0.29) is 0 Å². The summed E-state index contributed by atoms with van der Waals surface area (Å²) in [4.78, 5) is 6.40. The van der Waals surface area contributed by atoms with Gasteiger partial charge >= 0.3 is 0 Å². The van der Waals surface area contributed by atoms with Crippen molar-refractivity contribution in [3.8, 4) is 6.07 Å². The van der Waals surface area contributed by atoms with E-state index in [9.17, 15) is 8.78 Å². The van der Waals surface area contributed by atoms with Crippen LogP contribution < -0.4 is 4.90 Å². The van der Waals surface area contributed by atoms with Crippen molar-refractivity contribution in [2.75, 3.05) is 18.0 Å². The molecule has 1 unspecified atom stereocenters. The maximum absolute atomic E-state index is 13.2. The van der Waals surface area contributed by atoms with Crippen molar-refractivity contribution in [2.45, 2.75) is 12.8 Å². The summed E-state index contributed by atoms with van der Waals surface area (Å²) in [5, 5.41) is 8.90. The van der Waals surface area contributed by atoms with E-state index >= 15 is 0 Å². The first-order valence-electron chi connectivity index (χ1n) is 7.21. The molecule has 0 bridgehead atoms. The average molecular weight is 299 g/mol. The molecule has 1 aromatic heterocycles. The Labute approximate surface area is 127 Å². The van der Waals surface area contributed by atoms with Crippen molar-refractivity contribution >= 4 is 5.82 Å². The highest BCUT2D eigenvalue weighted by Crippen LogP contribution is 2.25. The molecule has 0 aliphatic carbocycles. The van der Waals surface area contributed by atoms with E-state index in [1.807, 2.05) is 18.2 Å². The number of rotatable bonds is 3. The lowest BCUT2D eigenvalue weighted by Gasteiger charge is -2.17. The largest absolute Gasteiger partial charge is 0.356 e. The SMILES string of the molecule is N#Cc1cccc(N2CCC(Cc3cc(F)cc(F)c3)C2)n1. The van der Waals surface area contributed by atoms with Gasteiger partial charge in [0.2, 0.25) is 0 Å². The van der Waals surface area contributed by atoms with Gasteiger partial charge in [-0.1, -0.05) is 6.07 Å². The Balaban J connectivity index is 1.68. The lowest BCUT2D eigenvalue weighted by atomic mass is 9.98. The predicted octanol–water partition coefficient (Wildman–Crippen LogP) is 3.30. The third kappa shape index (κ3) is 3.22. The number of nitriles is 1. The molecule has 3 rings (SSSR count). The van der Waals surface area contributed by atoms with Gasteiger partial charge in [0.25, 0.3) is 0 Å². The first-order chi connectivity index (χ1) is 10.6. The first kappa shape index (κ1) is 14.5. The van der Waals surface area contributed by atoms with Crippen molar-refractivity contribution in [3.05, 3.63) is 59.3 Å².